The molecule has 4 aromatic rings. The van der Waals surface area contributed by atoms with Crippen molar-refractivity contribution in [2.75, 3.05) is 11.9 Å². The summed E-state index contributed by atoms with van der Waals surface area (Å²) < 4.78 is 1.17. The van der Waals surface area contributed by atoms with E-state index in [2.05, 4.69) is 26.3 Å². The van der Waals surface area contributed by atoms with Gasteiger partial charge in [-0.3, -0.25) is 9.78 Å². The van der Waals surface area contributed by atoms with Gasteiger partial charge in [0.2, 0.25) is 5.91 Å². The molecule has 7 nitrogen and oxygen atoms in total. The van der Waals surface area contributed by atoms with Crippen LogP contribution in [0.3, 0.4) is 0 Å². The van der Waals surface area contributed by atoms with E-state index >= 15 is 0 Å². The predicted octanol–water partition coefficient (Wildman–Crippen LogP) is 4.52. The minimum absolute atomic E-state index is 0.00600. The number of pyridine rings is 1. The van der Waals surface area contributed by atoms with Crippen LogP contribution in [-0.2, 0) is 11.2 Å². The number of para-hydroxylation sites is 1. The van der Waals surface area contributed by atoms with Crippen LogP contribution in [0.1, 0.15) is 36.0 Å². The Bertz CT molecular complexity index is 1160. The predicted molar refractivity (Wildman–Crippen MR) is 121 cm³/mol. The van der Waals surface area contributed by atoms with Crippen LogP contribution in [0, 0.1) is 0 Å². The zero-order chi connectivity index (χ0) is 21.0. The number of carbonyl (C=O) groups excluding carboxylic acids is 1. The van der Waals surface area contributed by atoms with Crippen molar-refractivity contribution in [2.24, 2.45) is 0 Å². The van der Waals surface area contributed by atoms with E-state index in [1.165, 1.54) is 4.70 Å². The molecule has 156 valence electrons. The topological polar surface area (TPSA) is 83.9 Å². The number of thiazole rings is 1. The molecule has 0 radical (unpaired) electrons. The van der Waals surface area contributed by atoms with Gasteiger partial charge in [-0.2, -0.15) is 0 Å². The molecule has 1 amide bonds. The molecule has 0 saturated carbocycles. The Balaban J connectivity index is 1.26. The first-order valence-corrected chi connectivity index (χ1v) is 11.2. The number of amides is 1. The van der Waals surface area contributed by atoms with Gasteiger partial charge in [0.05, 0.1) is 33.2 Å². The summed E-state index contributed by atoms with van der Waals surface area (Å²) in [5, 5.41) is 4.19. The van der Waals surface area contributed by atoms with Crippen LogP contribution < -0.4 is 5.32 Å². The number of likely N-dealkylation sites (tertiary alicyclic amines) is 1. The number of fused-ring (bicyclic) bond motifs is 1. The summed E-state index contributed by atoms with van der Waals surface area (Å²) in [6, 6.07) is 14.0. The smallest absolute Gasteiger partial charge is 0.223 e. The summed E-state index contributed by atoms with van der Waals surface area (Å²) in [5.41, 5.74) is 1.91. The zero-order valence-electron chi connectivity index (χ0n) is 16.9. The van der Waals surface area contributed by atoms with Gasteiger partial charge in [0.15, 0.2) is 0 Å². The third kappa shape index (κ3) is 4.39. The number of nitrogens with one attached hydrogen (secondary N) is 1. The first-order valence-electron chi connectivity index (χ1n) is 10.4. The van der Waals surface area contributed by atoms with Crippen LogP contribution in [0.15, 0.2) is 61.1 Å². The van der Waals surface area contributed by atoms with E-state index in [4.69, 9.17) is 4.98 Å². The number of aryl methyl sites for hydroxylation is 1. The number of nitrogens with zero attached hydrogens (tertiary/aromatic N) is 5. The average molecular weight is 431 g/mol. The van der Waals surface area contributed by atoms with Crippen LogP contribution in [0.5, 0.6) is 0 Å². The largest absolute Gasteiger partial charge is 0.334 e. The zero-order valence-corrected chi connectivity index (χ0v) is 17.8. The highest BCUT2D eigenvalue weighted by Crippen LogP contribution is 2.32. The lowest BCUT2D eigenvalue weighted by Gasteiger charge is -2.24. The number of hydrogen-bond acceptors (Lipinski definition) is 7. The van der Waals surface area contributed by atoms with Gasteiger partial charge in [-0.25, -0.2) is 15.0 Å². The van der Waals surface area contributed by atoms with E-state index in [9.17, 15) is 4.79 Å². The van der Waals surface area contributed by atoms with Gasteiger partial charge in [0.1, 0.15) is 11.6 Å². The van der Waals surface area contributed by atoms with Crippen molar-refractivity contribution in [3.8, 4) is 0 Å². The van der Waals surface area contributed by atoms with Crippen molar-refractivity contribution < 1.29 is 4.79 Å². The second-order valence-corrected chi connectivity index (χ2v) is 8.60. The molecule has 1 unspecified atom stereocenters. The summed E-state index contributed by atoms with van der Waals surface area (Å²) in [6.45, 7) is 0.771. The van der Waals surface area contributed by atoms with Gasteiger partial charge < -0.3 is 10.2 Å². The molecule has 5 rings (SSSR count). The van der Waals surface area contributed by atoms with Gasteiger partial charge in [0, 0.05) is 31.8 Å². The maximum atomic E-state index is 13.0. The third-order valence-electron chi connectivity index (χ3n) is 5.40. The second kappa shape index (κ2) is 8.77. The Morgan fingerprint density at radius 2 is 2.03 bits per heavy atom. The molecule has 1 saturated heterocycles. The maximum Gasteiger partial charge on any atom is 0.223 e. The lowest BCUT2D eigenvalue weighted by molar-refractivity contribution is -0.132. The van der Waals surface area contributed by atoms with Crippen molar-refractivity contribution >= 4 is 39.1 Å². The van der Waals surface area contributed by atoms with Crippen LogP contribution in [0.4, 0.5) is 11.6 Å². The number of hydrogen-bond donors (Lipinski definition) is 1. The molecule has 0 aliphatic carbocycles. The lowest BCUT2D eigenvalue weighted by atomic mass is 10.1. The summed E-state index contributed by atoms with van der Waals surface area (Å²) in [7, 11) is 0. The molecule has 3 aromatic heterocycles. The fraction of sp³-hybridized carbons (Fsp3) is 0.261. The number of rotatable bonds is 6. The fourth-order valence-electron chi connectivity index (χ4n) is 3.96. The summed E-state index contributed by atoms with van der Waals surface area (Å²) in [4.78, 5) is 32.7. The maximum absolute atomic E-state index is 13.0. The molecule has 8 heteroatoms. The van der Waals surface area contributed by atoms with Crippen LogP contribution in [-0.4, -0.2) is 37.3 Å². The molecule has 1 fully saturated rings. The van der Waals surface area contributed by atoms with E-state index < -0.39 is 0 Å². The van der Waals surface area contributed by atoms with E-state index in [-0.39, 0.29) is 11.9 Å². The SMILES string of the molecule is O=C(CCc1nc2ccccc2s1)N1CCCC1c1cccc(Nc2cnccn2)n1. The van der Waals surface area contributed by atoms with E-state index in [1.54, 1.807) is 29.9 Å². The Labute approximate surface area is 184 Å². The van der Waals surface area contributed by atoms with E-state index in [0.29, 0.717) is 24.5 Å². The third-order valence-corrected chi connectivity index (χ3v) is 6.49. The second-order valence-electron chi connectivity index (χ2n) is 7.48. The molecule has 1 N–H and O–H groups in total. The standard InChI is InChI=1S/C23H22N6OS/c30-23(11-10-22-27-17-5-1-2-8-19(17)31-22)29-14-4-7-18(29)16-6-3-9-20(26-16)28-21-15-24-12-13-25-21/h1-3,5-6,8-9,12-13,15,18H,4,7,10-11,14H2,(H,25,26,28). The molecule has 31 heavy (non-hydrogen) atoms. The van der Waals surface area contributed by atoms with Crippen LogP contribution in [0.25, 0.3) is 10.2 Å². The highest BCUT2D eigenvalue weighted by Gasteiger charge is 2.30. The molecule has 4 heterocycles. The van der Waals surface area contributed by atoms with E-state index in [1.807, 2.05) is 41.3 Å². The molecule has 1 aliphatic rings. The number of anilines is 2. The molecule has 0 spiro atoms. The fourth-order valence-corrected chi connectivity index (χ4v) is 4.93. The lowest BCUT2D eigenvalue weighted by Crippen LogP contribution is -2.31. The molecule has 1 aromatic carbocycles. The van der Waals surface area contributed by atoms with Gasteiger partial charge in [0.25, 0.3) is 0 Å². The van der Waals surface area contributed by atoms with E-state index in [0.717, 1.165) is 35.6 Å². The molecule has 0 bridgehead atoms. The van der Waals surface area contributed by atoms with Crippen molar-refractivity contribution in [3.05, 3.63) is 71.8 Å². The van der Waals surface area contributed by atoms with Crippen molar-refractivity contribution in [2.45, 2.75) is 31.7 Å². The van der Waals surface area contributed by atoms with Crippen molar-refractivity contribution in [1.29, 1.82) is 0 Å². The first-order chi connectivity index (χ1) is 15.3. The van der Waals surface area contributed by atoms with Gasteiger partial charge in [-0.1, -0.05) is 18.2 Å². The summed E-state index contributed by atoms with van der Waals surface area (Å²) in [5.74, 6) is 1.50. The molecule has 1 aliphatic heterocycles. The van der Waals surface area contributed by atoms with Crippen molar-refractivity contribution in [1.82, 2.24) is 24.8 Å². The van der Waals surface area contributed by atoms with Gasteiger partial charge in [-0.15, -0.1) is 11.3 Å². The van der Waals surface area contributed by atoms with Gasteiger partial charge in [-0.05, 0) is 37.1 Å². The Morgan fingerprint density at radius 1 is 1.10 bits per heavy atom. The molecular weight excluding hydrogens is 408 g/mol. The minimum atomic E-state index is 0.00600. The average Bonchev–Trinajstić information content (AvgIpc) is 3.45. The monoisotopic (exact) mass is 430 g/mol. The molecular formula is C23H22N6OS. The number of aromatic nitrogens is 4. The Hall–Kier alpha value is -3.39. The quantitative estimate of drug-likeness (QED) is 0.484. The Morgan fingerprint density at radius 3 is 2.90 bits per heavy atom. The number of carbonyl (C=O) groups is 1. The summed E-state index contributed by atoms with van der Waals surface area (Å²) >= 11 is 1.67. The highest BCUT2D eigenvalue weighted by molar-refractivity contribution is 7.18. The molecule has 1 atom stereocenters. The number of benzene rings is 1. The van der Waals surface area contributed by atoms with Crippen LogP contribution in [0.2, 0.25) is 0 Å². The normalized spacial score (nSPS) is 16.0. The van der Waals surface area contributed by atoms with Crippen molar-refractivity contribution in [3.63, 3.8) is 0 Å². The Kier molecular flexibility index (Phi) is 5.54. The minimum Gasteiger partial charge on any atom is -0.334 e. The van der Waals surface area contributed by atoms with Crippen LogP contribution >= 0.6 is 11.3 Å². The highest BCUT2D eigenvalue weighted by atomic mass is 32.1. The van der Waals surface area contributed by atoms with Gasteiger partial charge >= 0.3 is 0 Å². The first kappa shape index (κ1) is 19.6. The summed E-state index contributed by atoms with van der Waals surface area (Å²) in [6.07, 6.45) is 7.97.